The number of para-hydroxylation sites is 1. The molecule has 2 fully saturated rings. The van der Waals surface area contributed by atoms with E-state index in [9.17, 15) is 14.3 Å². The number of hydrogen-bond acceptors (Lipinski definition) is 6. The summed E-state index contributed by atoms with van der Waals surface area (Å²) in [6, 6.07) is 12.1. The van der Waals surface area contributed by atoms with Crippen LogP contribution in [0, 0.1) is 5.82 Å². The van der Waals surface area contributed by atoms with Gasteiger partial charge in [0, 0.05) is 48.6 Å². The molecule has 3 heterocycles. The summed E-state index contributed by atoms with van der Waals surface area (Å²) in [5.74, 6) is 0.598. The summed E-state index contributed by atoms with van der Waals surface area (Å²) in [4.78, 5) is 16.4. The van der Waals surface area contributed by atoms with Crippen molar-refractivity contribution in [2.45, 2.75) is 37.7 Å². The lowest BCUT2D eigenvalue weighted by Gasteiger charge is -2.32. The number of hydrogen-bond donors (Lipinski definition) is 1. The predicted molar refractivity (Wildman–Crippen MR) is 142 cm³/mol. The Morgan fingerprint density at radius 2 is 1.92 bits per heavy atom. The van der Waals surface area contributed by atoms with E-state index in [1.54, 1.807) is 18.2 Å². The van der Waals surface area contributed by atoms with E-state index < -0.39 is 6.10 Å². The van der Waals surface area contributed by atoms with Gasteiger partial charge in [-0.15, -0.1) is 12.4 Å². The average molecular weight is 530 g/mol. The Morgan fingerprint density at radius 3 is 2.70 bits per heavy atom. The second-order valence-electron chi connectivity index (χ2n) is 9.65. The molecular weight excluding hydrogens is 497 g/mol. The molecule has 0 aliphatic carbocycles. The highest BCUT2D eigenvalue weighted by molar-refractivity contribution is 5.92. The van der Waals surface area contributed by atoms with E-state index in [0.717, 1.165) is 68.5 Å². The molecule has 37 heavy (non-hydrogen) atoms. The van der Waals surface area contributed by atoms with E-state index in [1.165, 1.54) is 12.1 Å². The van der Waals surface area contributed by atoms with Crippen LogP contribution in [0.3, 0.4) is 0 Å². The number of piperidine rings is 1. The molecule has 7 nitrogen and oxygen atoms in total. The zero-order valence-corrected chi connectivity index (χ0v) is 21.5. The third-order valence-electron chi connectivity index (χ3n) is 7.08. The molecule has 2 aromatic carbocycles. The number of aromatic nitrogens is 1. The SMILES string of the molecule is Cl.O=C(C=Cc1ccccc1OCC(O)CN1CCC(c2noc3cc(F)ccc23)CC1)N1CCCC1. The highest BCUT2D eigenvalue weighted by Gasteiger charge is 2.26. The van der Waals surface area contributed by atoms with Crippen LogP contribution in [-0.4, -0.2) is 71.4 Å². The molecule has 5 rings (SSSR count). The quantitative estimate of drug-likeness (QED) is 0.428. The molecule has 2 saturated heterocycles. The second-order valence-corrected chi connectivity index (χ2v) is 9.65. The van der Waals surface area contributed by atoms with E-state index in [0.29, 0.717) is 17.9 Å². The Labute approximate surface area is 222 Å². The van der Waals surface area contributed by atoms with Crippen LogP contribution in [0.4, 0.5) is 4.39 Å². The van der Waals surface area contributed by atoms with Gasteiger partial charge in [-0.2, -0.15) is 0 Å². The number of rotatable bonds is 8. The van der Waals surface area contributed by atoms with Crippen LogP contribution in [0.2, 0.25) is 0 Å². The third kappa shape index (κ3) is 6.69. The first-order chi connectivity index (χ1) is 17.6. The van der Waals surface area contributed by atoms with E-state index in [-0.39, 0.29) is 36.7 Å². The van der Waals surface area contributed by atoms with Gasteiger partial charge in [0.25, 0.3) is 0 Å². The molecule has 1 N–H and O–H groups in total. The zero-order chi connectivity index (χ0) is 24.9. The summed E-state index contributed by atoms with van der Waals surface area (Å²) in [5.41, 5.74) is 2.19. The lowest BCUT2D eigenvalue weighted by Crippen LogP contribution is -2.40. The van der Waals surface area contributed by atoms with Crippen LogP contribution in [0.15, 0.2) is 53.1 Å². The van der Waals surface area contributed by atoms with Crippen LogP contribution < -0.4 is 4.74 Å². The van der Waals surface area contributed by atoms with Crippen molar-refractivity contribution in [2.24, 2.45) is 0 Å². The Bertz CT molecular complexity index is 1220. The van der Waals surface area contributed by atoms with Gasteiger partial charge in [-0.05, 0) is 63.0 Å². The molecule has 0 bridgehead atoms. The number of carbonyl (C=O) groups excluding carboxylic acids is 1. The highest BCUT2D eigenvalue weighted by atomic mass is 35.5. The van der Waals surface area contributed by atoms with Crippen molar-refractivity contribution >= 4 is 35.4 Å². The van der Waals surface area contributed by atoms with Crippen molar-refractivity contribution in [3.63, 3.8) is 0 Å². The monoisotopic (exact) mass is 529 g/mol. The summed E-state index contributed by atoms with van der Waals surface area (Å²) in [5, 5.41) is 15.7. The molecule has 0 spiro atoms. The number of benzene rings is 2. The first-order valence-corrected chi connectivity index (χ1v) is 12.7. The van der Waals surface area contributed by atoms with Crippen LogP contribution >= 0.6 is 12.4 Å². The molecule has 1 unspecified atom stereocenters. The van der Waals surface area contributed by atoms with E-state index >= 15 is 0 Å². The van der Waals surface area contributed by atoms with Gasteiger partial charge in [-0.3, -0.25) is 4.79 Å². The Kier molecular flexibility index (Phi) is 9.18. The molecule has 198 valence electrons. The van der Waals surface area contributed by atoms with Gasteiger partial charge in [-0.25, -0.2) is 4.39 Å². The molecule has 3 aromatic rings. The van der Waals surface area contributed by atoms with Crippen molar-refractivity contribution < 1.29 is 23.6 Å². The molecule has 1 aromatic heterocycles. The molecule has 1 amide bonds. The summed E-state index contributed by atoms with van der Waals surface area (Å²) in [6.07, 6.45) is 6.66. The maximum Gasteiger partial charge on any atom is 0.246 e. The predicted octanol–water partition coefficient (Wildman–Crippen LogP) is 4.64. The van der Waals surface area contributed by atoms with Crippen LogP contribution in [-0.2, 0) is 4.79 Å². The summed E-state index contributed by atoms with van der Waals surface area (Å²) < 4.78 is 24.7. The zero-order valence-electron chi connectivity index (χ0n) is 20.7. The third-order valence-corrected chi connectivity index (χ3v) is 7.08. The lowest BCUT2D eigenvalue weighted by molar-refractivity contribution is -0.124. The van der Waals surface area contributed by atoms with Crippen LogP contribution in [0.1, 0.15) is 42.9 Å². The van der Waals surface area contributed by atoms with Gasteiger partial charge in [-0.1, -0.05) is 23.4 Å². The van der Waals surface area contributed by atoms with Crippen molar-refractivity contribution in [3.8, 4) is 5.75 Å². The maximum atomic E-state index is 13.4. The fraction of sp³-hybridized carbons (Fsp3) is 0.429. The van der Waals surface area contributed by atoms with Gasteiger partial charge in [0.2, 0.25) is 5.91 Å². The molecular formula is C28H33ClFN3O4. The van der Waals surface area contributed by atoms with Gasteiger partial charge < -0.3 is 24.2 Å². The topological polar surface area (TPSA) is 79.0 Å². The van der Waals surface area contributed by atoms with Gasteiger partial charge in [0.15, 0.2) is 5.58 Å². The number of amides is 1. The van der Waals surface area contributed by atoms with E-state index in [2.05, 4.69) is 10.1 Å². The minimum Gasteiger partial charge on any atom is -0.490 e. The summed E-state index contributed by atoms with van der Waals surface area (Å²) in [6.45, 7) is 3.98. The second kappa shape index (κ2) is 12.5. The average Bonchev–Trinajstić information content (AvgIpc) is 3.57. The highest BCUT2D eigenvalue weighted by Crippen LogP contribution is 2.32. The van der Waals surface area contributed by atoms with Crippen LogP contribution in [0.5, 0.6) is 5.75 Å². The van der Waals surface area contributed by atoms with Gasteiger partial charge in [0.1, 0.15) is 24.3 Å². The maximum absolute atomic E-state index is 13.4. The van der Waals surface area contributed by atoms with E-state index in [4.69, 9.17) is 9.26 Å². The molecule has 0 radical (unpaired) electrons. The molecule has 0 saturated carbocycles. The number of aliphatic hydroxyl groups excluding tert-OH is 1. The number of likely N-dealkylation sites (tertiary alicyclic amines) is 2. The van der Waals surface area contributed by atoms with Crippen molar-refractivity contribution in [1.29, 1.82) is 0 Å². The Hall–Kier alpha value is -2.94. The number of fused-ring (bicyclic) bond motifs is 1. The van der Waals surface area contributed by atoms with Crippen molar-refractivity contribution in [1.82, 2.24) is 15.0 Å². The minimum absolute atomic E-state index is 0. The number of carbonyl (C=O) groups is 1. The standard InChI is InChI=1S/C28H32FN3O4.ClH/c29-22-8-9-24-26(17-22)36-30-28(24)21-11-15-31(16-12-21)18-23(33)19-35-25-6-2-1-5-20(25)7-10-27(34)32-13-3-4-14-32;/h1-2,5-10,17,21,23,33H,3-4,11-16,18-19H2;1H. The number of β-amino-alcohol motifs (C(OH)–C–C–N with tert-alkyl or cyclic N) is 1. The largest absolute Gasteiger partial charge is 0.490 e. The molecule has 2 aliphatic rings. The van der Waals surface area contributed by atoms with Crippen molar-refractivity contribution in [2.75, 3.05) is 39.3 Å². The number of aliphatic hydroxyl groups is 1. The first-order valence-electron chi connectivity index (χ1n) is 12.7. The number of halogens is 2. The fourth-order valence-corrected chi connectivity index (χ4v) is 5.10. The molecule has 1 atom stereocenters. The van der Waals surface area contributed by atoms with Crippen molar-refractivity contribution in [3.05, 3.63) is 65.6 Å². The smallest absolute Gasteiger partial charge is 0.246 e. The first kappa shape index (κ1) is 27.1. The summed E-state index contributed by atoms with van der Waals surface area (Å²) in [7, 11) is 0. The summed E-state index contributed by atoms with van der Waals surface area (Å²) >= 11 is 0. The molecule has 2 aliphatic heterocycles. The molecule has 9 heteroatoms. The van der Waals surface area contributed by atoms with Crippen LogP contribution in [0.25, 0.3) is 17.0 Å². The Morgan fingerprint density at radius 1 is 1.16 bits per heavy atom. The number of nitrogens with zero attached hydrogens (tertiary/aromatic N) is 3. The van der Waals surface area contributed by atoms with Gasteiger partial charge >= 0.3 is 0 Å². The van der Waals surface area contributed by atoms with E-state index in [1.807, 2.05) is 29.2 Å². The minimum atomic E-state index is -0.638. The lowest BCUT2D eigenvalue weighted by atomic mass is 9.91. The van der Waals surface area contributed by atoms with Gasteiger partial charge in [0.05, 0.1) is 5.69 Å². The normalized spacial score (nSPS) is 17.8. The fourth-order valence-electron chi connectivity index (χ4n) is 5.10. The Balaban J connectivity index is 0.00000320. The number of ether oxygens (including phenoxy) is 1.